The molecule has 0 aromatic carbocycles. The second-order valence-electron chi connectivity index (χ2n) is 4.35. The van der Waals surface area contributed by atoms with Gasteiger partial charge in [-0.15, -0.1) is 0 Å². The van der Waals surface area contributed by atoms with Gasteiger partial charge in [-0.3, -0.25) is 19.3 Å². The second-order valence-corrected chi connectivity index (χ2v) is 4.35. The van der Waals surface area contributed by atoms with Crippen LogP contribution >= 0.6 is 0 Å². The van der Waals surface area contributed by atoms with Crippen molar-refractivity contribution in [3.05, 3.63) is 0 Å². The van der Waals surface area contributed by atoms with Gasteiger partial charge in [-0.05, 0) is 19.4 Å². The van der Waals surface area contributed by atoms with E-state index in [9.17, 15) is 14.4 Å². The number of likely N-dealkylation sites (tertiary alicyclic amines) is 1. The first-order valence-corrected chi connectivity index (χ1v) is 5.77. The minimum Gasteiger partial charge on any atom is -0.480 e. The zero-order valence-corrected chi connectivity index (χ0v) is 9.91. The third kappa shape index (κ3) is 3.86. The number of hydrogen-bond acceptors (Lipinski definition) is 6. The van der Waals surface area contributed by atoms with Crippen molar-refractivity contribution in [2.24, 2.45) is 0 Å². The largest absolute Gasteiger partial charge is 0.480 e. The summed E-state index contributed by atoms with van der Waals surface area (Å²) in [5.41, 5.74) is 0. The monoisotopic (exact) mass is 259 g/mol. The standard InChI is InChI=1S/C11H17NO6/c13-6-7(14)4-9(15)10(16)5-12-3-1-2-8(12)11(17)18/h7-8,13-14H,1-6H2,(H,17,18)/t7-,8?/m1/s1. The quantitative estimate of drug-likeness (QED) is 0.472. The average Bonchev–Trinajstić information content (AvgIpc) is 2.76. The van der Waals surface area contributed by atoms with Gasteiger partial charge in [-0.2, -0.15) is 0 Å². The summed E-state index contributed by atoms with van der Waals surface area (Å²) in [4.78, 5) is 35.3. The summed E-state index contributed by atoms with van der Waals surface area (Å²) in [7, 11) is 0. The molecule has 0 aromatic heterocycles. The molecule has 0 saturated carbocycles. The number of aliphatic carboxylic acids is 1. The Kier molecular flexibility index (Phi) is 5.39. The van der Waals surface area contributed by atoms with Gasteiger partial charge in [-0.25, -0.2) is 0 Å². The Balaban J connectivity index is 2.49. The molecule has 1 unspecified atom stereocenters. The van der Waals surface area contributed by atoms with Gasteiger partial charge in [0, 0.05) is 6.42 Å². The number of nitrogens with zero attached hydrogens (tertiary/aromatic N) is 1. The molecule has 1 heterocycles. The van der Waals surface area contributed by atoms with Crippen LogP contribution in [0, 0.1) is 0 Å². The maximum atomic E-state index is 11.5. The van der Waals surface area contributed by atoms with E-state index in [1.165, 1.54) is 4.90 Å². The molecule has 102 valence electrons. The average molecular weight is 259 g/mol. The number of ketones is 2. The fraction of sp³-hybridized carbons (Fsp3) is 0.727. The van der Waals surface area contributed by atoms with Crippen LogP contribution in [-0.2, 0) is 14.4 Å². The van der Waals surface area contributed by atoms with E-state index in [0.29, 0.717) is 19.4 Å². The van der Waals surface area contributed by atoms with Crippen molar-refractivity contribution in [2.45, 2.75) is 31.4 Å². The van der Waals surface area contributed by atoms with E-state index in [1.807, 2.05) is 0 Å². The molecule has 7 nitrogen and oxygen atoms in total. The predicted octanol–water partition coefficient (Wildman–Crippen LogP) is -1.58. The predicted molar refractivity (Wildman–Crippen MR) is 60.0 cm³/mol. The van der Waals surface area contributed by atoms with Gasteiger partial charge >= 0.3 is 5.97 Å². The van der Waals surface area contributed by atoms with Gasteiger partial charge in [0.05, 0.1) is 19.3 Å². The summed E-state index contributed by atoms with van der Waals surface area (Å²) in [6, 6.07) is -0.718. The Morgan fingerprint density at radius 2 is 1.94 bits per heavy atom. The van der Waals surface area contributed by atoms with E-state index in [-0.39, 0.29) is 6.54 Å². The lowest BCUT2D eigenvalue weighted by Gasteiger charge is -2.19. The zero-order chi connectivity index (χ0) is 13.7. The first-order valence-electron chi connectivity index (χ1n) is 5.77. The molecule has 7 heteroatoms. The van der Waals surface area contributed by atoms with Crippen molar-refractivity contribution in [1.82, 2.24) is 4.90 Å². The van der Waals surface area contributed by atoms with E-state index in [1.54, 1.807) is 0 Å². The molecule has 0 spiro atoms. The zero-order valence-electron chi connectivity index (χ0n) is 9.91. The normalized spacial score (nSPS) is 21.8. The van der Waals surface area contributed by atoms with Crippen molar-refractivity contribution in [1.29, 1.82) is 0 Å². The highest BCUT2D eigenvalue weighted by atomic mass is 16.4. The molecular formula is C11H17NO6. The van der Waals surface area contributed by atoms with Crippen LogP contribution < -0.4 is 0 Å². The SMILES string of the molecule is O=C(C[C@@H](O)CO)C(=O)CN1CCCC1C(=O)O. The van der Waals surface area contributed by atoms with Crippen LogP contribution in [0.15, 0.2) is 0 Å². The number of Topliss-reactive ketones (excluding diaryl/α,β-unsaturated/α-hetero) is 2. The molecule has 1 aliphatic heterocycles. The number of carbonyl (C=O) groups excluding carboxylic acids is 2. The molecule has 3 N–H and O–H groups in total. The van der Waals surface area contributed by atoms with Crippen LogP contribution in [0.4, 0.5) is 0 Å². The van der Waals surface area contributed by atoms with Crippen molar-refractivity contribution in [3.8, 4) is 0 Å². The molecule has 1 saturated heterocycles. The number of carboxylic acids is 1. The second kappa shape index (κ2) is 6.58. The van der Waals surface area contributed by atoms with E-state index in [0.717, 1.165) is 0 Å². The molecule has 0 aromatic rings. The van der Waals surface area contributed by atoms with Gasteiger partial charge in [0.2, 0.25) is 11.6 Å². The highest BCUT2D eigenvalue weighted by Crippen LogP contribution is 2.17. The summed E-state index contributed by atoms with van der Waals surface area (Å²) >= 11 is 0. The Hall–Kier alpha value is -1.31. The van der Waals surface area contributed by atoms with E-state index in [4.69, 9.17) is 15.3 Å². The van der Waals surface area contributed by atoms with Gasteiger partial charge < -0.3 is 15.3 Å². The van der Waals surface area contributed by atoms with Crippen LogP contribution in [-0.4, -0.2) is 69.6 Å². The van der Waals surface area contributed by atoms with Gasteiger partial charge in [-0.1, -0.05) is 0 Å². The minimum absolute atomic E-state index is 0.242. The highest BCUT2D eigenvalue weighted by Gasteiger charge is 2.33. The smallest absolute Gasteiger partial charge is 0.320 e. The van der Waals surface area contributed by atoms with E-state index >= 15 is 0 Å². The molecule has 0 amide bonds. The Bertz CT molecular complexity index is 342. The lowest BCUT2D eigenvalue weighted by atomic mass is 10.1. The van der Waals surface area contributed by atoms with Crippen LogP contribution in [0.25, 0.3) is 0 Å². The maximum Gasteiger partial charge on any atom is 0.320 e. The van der Waals surface area contributed by atoms with Crippen LogP contribution in [0.2, 0.25) is 0 Å². The molecular weight excluding hydrogens is 242 g/mol. The third-order valence-corrected chi connectivity index (χ3v) is 2.94. The first-order chi connectivity index (χ1) is 8.45. The molecule has 0 aliphatic carbocycles. The summed E-state index contributed by atoms with van der Waals surface area (Å²) in [6.07, 6.45) is -0.524. The van der Waals surface area contributed by atoms with Crippen LogP contribution in [0.3, 0.4) is 0 Å². The van der Waals surface area contributed by atoms with Crippen LogP contribution in [0.1, 0.15) is 19.3 Å². The number of carbonyl (C=O) groups is 3. The number of carboxylic acid groups (broad SMARTS) is 1. The maximum absolute atomic E-state index is 11.5. The number of aliphatic hydroxyl groups is 2. The summed E-state index contributed by atoms with van der Waals surface area (Å²) < 4.78 is 0. The van der Waals surface area contributed by atoms with Crippen molar-refractivity contribution >= 4 is 17.5 Å². The minimum atomic E-state index is -1.24. The number of hydrogen-bond donors (Lipinski definition) is 3. The van der Waals surface area contributed by atoms with Crippen molar-refractivity contribution in [3.63, 3.8) is 0 Å². The fourth-order valence-electron chi connectivity index (χ4n) is 1.96. The highest BCUT2D eigenvalue weighted by molar-refractivity contribution is 6.38. The Morgan fingerprint density at radius 1 is 1.28 bits per heavy atom. The van der Waals surface area contributed by atoms with Crippen LogP contribution in [0.5, 0.6) is 0 Å². The molecule has 0 bridgehead atoms. The molecule has 1 aliphatic rings. The molecule has 0 radical (unpaired) electrons. The fourth-order valence-corrected chi connectivity index (χ4v) is 1.96. The topological polar surface area (TPSA) is 115 Å². The lowest BCUT2D eigenvalue weighted by Crippen LogP contribution is -2.41. The van der Waals surface area contributed by atoms with E-state index < -0.39 is 42.7 Å². The van der Waals surface area contributed by atoms with Gasteiger partial charge in [0.15, 0.2) is 0 Å². The molecule has 2 atom stereocenters. The molecule has 18 heavy (non-hydrogen) atoms. The summed E-state index contributed by atoms with van der Waals surface area (Å²) in [5, 5.41) is 26.5. The lowest BCUT2D eigenvalue weighted by molar-refractivity contribution is -0.144. The first kappa shape index (κ1) is 14.7. The number of aliphatic hydroxyl groups excluding tert-OH is 2. The molecule has 1 fully saturated rings. The van der Waals surface area contributed by atoms with Gasteiger partial charge in [0.1, 0.15) is 6.04 Å². The van der Waals surface area contributed by atoms with Crippen molar-refractivity contribution < 1.29 is 29.7 Å². The number of rotatable bonds is 7. The molecule has 1 rings (SSSR count). The summed E-state index contributed by atoms with van der Waals surface area (Å²) in [6.45, 7) is -0.354. The van der Waals surface area contributed by atoms with E-state index in [2.05, 4.69) is 0 Å². The summed E-state index contributed by atoms with van der Waals surface area (Å²) in [5.74, 6) is -2.51. The van der Waals surface area contributed by atoms with Gasteiger partial charge in [0.25, 0.3) is 0 Å². The Morgan fingerprint density at radius 3 is 2.50 bits per heavy atom. The van der Waals surface area contributed by atoms with Crippen molar-refractivity contribution in [2.75, 3.05) is 19.7 Å². The Labute approximate surface area is 104 Å². The third-order valence-electron chi connectivity index (χ3n) is 2.94.